The average Bonchev–Trinajstić information content (AvgIpc) is 2.36. The van der Waals surface area contributed by atoms with Gasteiger partial charge in [-0.3, -0.25) is 14.4 Å². The van der Waals surface area contributed by atoms with Crippen molar-refractivity contribution in [2.75, 3.05) is 0 Å². The van der Waals surface area contributed by atoms with Crippen molar-refractivity contribution in [1.82, 2.24) is 0 Å². The van der Waals surface area contributed by atoms with E-state index in [0.717, 1.165) is 5.56 Å². The molecule has 0 aliphatic rings. The maximum Gasteiger partial charge on any atom is 0.314 e. The summed E-state index contributed by atoms with van der Waals surface area (Å²) in [4.78, 5) is 33.9. The molecule has 1 aromatic rings. The lowest BCUT2D eigenvalue weighted by atomic mass is 9.75. The lowest BCUT2D eigenvalue weighted by molar-refractivity contribution is -0.153. The van der Waals surface area contributed by atoms with E-state index in [1.165, 1.54) is 13.8 Å². The number of carbonyl (C=O) groups is 3. The van der Waals surface area contributed by atoms with Crippen LogP contribution < -0.4 is 0 Å². The Labute approximate surface area is 117 Å². The largest absolute Gasteiger partial charge is 0.481 e. The van der Waals surface area contributed by atoms with Crippen molar-refractivity contribution in [2.45, 2.75) is 26.7 Å². The fourth-order valence-electron chi connectivity index (χ4n) is 2.14. The number of aliphatic carboxylic acids is 2. The molecule has 0 bridgehead atoms. The molecule has 0 amide bonds. The van der Waals surface area contributed by atoms with Crippen LogP contribution in [0, 0.1) is 11.3 Å². The van der Waals surface area contributed by atoms with E-state index in [9.17, 15) is 19.5 Å². The number of hydrogen-bond donors (Lipinski definition) is 2. The van der Waals surface area contributed by atoms with Gasteiger partial charge >= 0.3 is 11.9 Å². The molecule has 20 heavy (non-hydrogen) atoms. The van der Waals surface area contributed by atoms with Crippen LogP contribution in [0.2, 0.25) is 0 Å². The molecule has 0 aromatic heterocycles. The summed E-state index contributed by atoms with van der Waals surface area (Å²) in [6.07, 6.45) is -0.0396. The molecule has 1 rings (SSSR count). The molecule has 0 aliphatic heterocycles. The van der Waals surface area contributed by atoms with Crippen molar-refractivity contribution in [3.05, 3.63) is 35.9 Å². The van der Waals surface area contributed by atoms with Gasteiger partial charge in [0.1, 0.15) is 11.7 Å². The molecule has 0 aliphatic carbocycles. The molecule has 0 spiro atoms. The summed E-state index contributed by atoms with van der Waals surface area (Å²) in [6, 6.07) is 8.96. The lowest BCUT2D eigenvalue weighted by Gasteiger charge is -2.27. The molecule has 5 heteroatoms. The SMILES string of the molecule is CC(=O)C(CC(C)(Cc1ccccc1)C(=O)O)C(=O)O. The third-order valence-electron chi connectivity index (χ3n) is 3.40. The van der Waals surface area contributed by atoms with Crippen LogP contribution in [0.1, 0.15) is 25.8 Å². The minimum absolute atomic E-state index is 0.181. The van der Waals surface area contributed by atoms with Crippen LogP contribution in [0.25, 0.3) is 0 Å². The van der Waals surface area contributed by atoms with Crippen LogP contribution in [-0.2, 0) is 20.8 Å². The fraction of sp³-hybridized carbons (Fsp3) is 0.400. The van der Waals surface area contributed by atoms with Crippen LogP contribution in [0.4, 0.5) is 0 Å². The Hall–Kier alpha value is -2.17. The van der Waals surface area contributed by atoms with Gasteiger partial charge in [0.25, 0.3) is 0 Å². The zero-order chi connectivity index (χ0) is 15.3. The summed E-state index contributed by atoms with van der Waals surface area (Å²) >= 11 is 0. The smallest absolute Gasteiger partial charge is 0.314 e. The molecule has 0 radical (unpaired) electrons. The van der Waals surface area contributed by atoms with E-state index >= 15 is 0 Å². The van der Waals surface area contributed by atoms with Gasteiger partial charge in [-0.2, -0.15) is 0 Å². The van der Waals surface area contributed by atoms with Gasteiger partial charge in [-0.25, -0.2) is 0 Å². The second kappa shape index (κ2) is 6.32. The molecule has 2 unspecified atom stereocenters. The number of benzene rings is 1. The maximum absolute atomic E-state index is 11.5. The Kier molecular flexibility index (Phi) is 5.02. The Morgan fingerprint density at radius 1 is 1.15 bits per heavy atom. The van der Waals surface area contributed by atoms with Crippen LogP contribution in [0.15, 0.2) is 30.3 Å². The molecule has 2 N–H and O–H groups in total. The number of hydrogen-bond acceptors (Lipinski definition) is 3. The van der Waals surface area contributed by atoms with Gasteiger partial charge in [-0.15, -0.1) is 0 Å². The minimum Gasteiger partial charge on any atom is -0.481 e. The normalized spacial score (nSPS) is 15.1. The molecule has 0 heterocycles. The molecular weight excluding hydrogens is 260 g/mol. The zero-order valence-corrected chi connectivity index (χ0v) is 11.5. The summed E-state index contributed by atoms with van der Waals surface area (Å²) in [5, 5.41) is 18.4. The van der Waals surface area contributed by atoms with E-state index in [2.05, 4.69) is 0 Å². The highest BCUT2D eigenvalue weighted by Gasteiger charge is 2.39. The van der Waals surface area contributed by atoms with E-state index in [1.54, 1.807) is 24.3 Å². The fourth-order valence-corrected chi connectivity index (χ4v) is 2.14. The van der Waals surface area contributed by atoms with E-state index in [4.69, 9.17) is 5.11 Å². The van der Waals surface area contributed by atoms with Gasteiger partial charge in [0.2, 0.25) is 0 Å². The van der Waals surface area contributed by atoms with Crippen LogP contribution in [-0.4, -0.2) is 27.9 Å². The average molecular weight is 278 g/mol. The van der Waals surface area contributed by atoms with Crippen LogP contribution >= 0.6 is 0 Å². The van der Waals surface area contributed by atoms with E-state index in [0.29, 0.717) is 0 Å². The van der Waals surface area contributed by atoms with Gasteiger partial charge in [0, 0.05) is 0 Å². The maximum atomic E-state index is 11.5. The number of ketones is 1. The topological polar surface area (TPSA) is 91.7 Å². The van der Waals surface area contributed by atoms with Crippen molar-refractivity contribution >= 4 is 17.7 Å². The summed E-state index contributed by atoms with van der Waals surface area (Å²) in [5.41, 5.74) is -0.499. The highest BCUT2D eigenvalue weighted by Crippen LogP contribution is 2.31. The summed E-state index contributed by atoms with van der Waals surface area (Å²) in [6.45, 7) is 2.64. The first-order chi connectivity index (χ1) is 9.26. The number of carboxylic acid groups (broad SMARTS) is 2. The Bertz CT molecular complexity index is 494. The second-order valence-electron chi connectivity index (χ2n) is 5.23. The van der Waals surface area contributed by atoms with Crippen LogP contribution in [0.3, 0.4) is 0 Å². The third kappa shape index (κ3) is 3.91. The van der Waals surface area contributed by atoms with Gasteiger partial charge in [-0.1, -0.05) is 30.3 Å². The van der Waals surface area contributed by atoms with Crippen molar-refractivity contribution in [3.8, 4) is 0 Å². The van der Waals surface area contributed by atoms with Crippen molar-refractivity contribution < 1.29 is 24.6 Å². The monoisotopic (exact) mass is 278 g/mol. The molecule has 0 fully saturated rings. The van der Waals surface area contributed by atoms with Gasteiger partial charge < -0.3 is 10.2 Å². The van der Waals surface area contributed by atoms with E-state index in [1.807, 2.05) is 6.07 Å². The molecule has 108 valence electrons. The van der Waals surface area contributed by atoms with Crippen molar-refractivity contribution in [3.63, 3.8) is 0 Å². The first-order valence-electron chi connectivity index (χ1n) is 6.27. The number of Topliss-reactive ketones (excluding diaryl/α,β-unsaturated/α-hetero) is 1. The van der Waals surface area contributed by atoms with Gasteiger partial charge in [0.05, 0.1) is 5.41 Å². The van der Waals surface area contributed by atoms with Crippen LogP contribution in [0.5, 0.6) is 0 Å². The number of carboxylic acids is 2. The Morgan fingerprint density at radius 3 is 2.10 bits per heavy atom. The second-order valence-corrected chi connectivity index (χ2v) is 5.23. The molecule has 2 atom stereocenters. The van der Waals surface area contributed by atoms with Gasteiger partial charge in [-0.05, 0) is 32.3 Å². The summed E-state index contributed by atoms with van der Waals surface area (Å²) in [7, 11) is 0. The first kappa shape index (κ1) is 15.9. The van der Waals surface area contributed by atoms with E-state index in [-0.39, 0.29) is 12.8 Å². The highest BCUT2D eigenvalue weighted by molar-refractivity contribution is 5.97. The highest BCUT2D eigenvalue weighted by atomic mass is 16.4. The lowest BCUT2D eigenvalue weighted by Crippen LogP contribution is -2.36. The number of rotatable bonds is 7. The predicted octanol–water partition coefficient (Wildman–Crippen LogP) is 2.00. The van der Waals surface area contributed by atoms with Crippen molar-refractivity contribution in [2.24, 2.45) is 11.3 Å². The third-order valence-corrected chi connectivity index (χ3v) is 3.40. The standard InChI is InChI=1S/C15H18O5/c1-10(16)12(13(17)18)9-15(2,14(19)20)8-11-6-4-3-5-7-11/h3-7,12H,8-9H2,1-2H3,(H,17,18)(H,19,20). The Balaban J connectivity index is 3.00. The minimum atomic E-state index is -1.30. The van der Waals surface area contributed by atoms with Crippen molar-refractivity contribution in [1.29, 1.82) is 0 Å². The molecule has 0 saturated carbocycles. The predicted molar refractivity (Wildman–Crippen MR) is 72.3 cm³/mol. The van der Waals surface area contributed by atoms with Gasteiger partial charge in [0.15, 0.2) is 0 Å². The molecule has 0 saturated heterocycles. The molecular formula is C15H18O5. The summed E-state index contributed by atoms with van der Waals surface area (Å²) in [5.74, 6) is -4.20. The quantitative estimate of drug-likeness (QED) is 0.744. The molecule has 5 nitrogen and oxygen atoms in total. The number of carbonyl (C=O) groups excluding carboxylic acids is 1. The van der Waals surface area contributed by atoms with E-state index < -0.39 is 29.1 Å². The zero-order valence-electron chi connectivity index (χ0n) is 11.5. The summed E-state index contributed by atoms with van der Waals surface area (Å²) < 4.78 is 0. The Morgan fingerprint density at radius 2 is 1.70 bits per heavy atom. The molecule has 1 aromatic carbocycles. The first-order valence-corrected chi connectivity index (χ1v) is 6.27.